The Morgan fingerprint density at radius 1 is 1.23 bits per heavy atom. The zero-order valence-electron chi connectivity index (χ0n) is 14.5. The summed E-state index contributed by atoms with van der Waals surface area (Å²) in [6.45, 7) is 4.20. The predicted octanol–water partition coefficient (Wildman–Crippen LogP) is 4.12. The third kappa shape index (κ3) is 4.79. The first kappa shape index (κ1) is 20.8. The van der Waals surface area contributed by atoms with Crippen LogP contribution in [0.2, 0.25) is 0 Å². The summed E-state index contributed by atoms with van der Waals surface area (Å²) in [6, 6.07) is 3.22. The van der Waals surface area contributed by atoms with Crippen LogP contribution in [0.3, 0.4) is 0 Å². The number of Topliss-reactive ketones (excluding diaryl/α,β-unsaturated/α-hetero) is 3. The number of oxime groups is 1. The van der Waals surface area contributed by atoms with E-state index >= 15 is 0 Å². The third-order valence-corrected chi connectivity index (χ3v) is 5.25. The Morgan fingerprint density at radius 3 is 2.50 bits per heavy atom. The number of carbonyl (C=O) groups is 3. The number of hydrogen-bond acceptors (Lipinski definition) is 6. The molecule has 0 heterocycles. The Bertz CT molecular complexity index is 744. The van der Waals surface area contributed by atoms with Crippen LogP contribution in [0.25, 0.3) is 0 Å². The van der Waals surface area contributed by atoms with E-state index < -0.39 is 11.7 Å². The van der Waals surface area contributed by atoms with Crippen molar-refractivity contribution in [3.8, 4) is 5.75 Å². The van der Waals surface area contributed by atoms with E-state index in [1.807, 2.05) is 6.92 Å². The topological polar surface area (TPSA) is 82.0 Å². The molecule has 1 aromatic carbocycles. The van der Waals surface area contributed by atoms with Crippen molar-refractivity contribution in [2.75, 3.05) is 13.2 Å². The molecule has 6 nitrogen and oxygen atoms in total. The van der Waals surface area contributed by atoms with Gasteiger partial charge in [-0.15, -0.1) is 0 Å². The highest BCUT2D eigenvalue weighted by atomic mass is 79.9. The summed E-state index contributed by atoms with van der Waals surface area (Å²) in [5.41, 5.74) is 0.871. The van der Waals surface area contributed by atoms with Crippen LogP contribution in [-0.2, 0) is 14.4 Å². The van der Waals surface area contributed by atoms with Crippen molar-refractivity contribution in [2.24, 2.45) is 11.1 Å². The number of halogens is 2. The van der Waals surface area contributed by atoms with E-state index in [1.54, 1.807) is 19.1 Å². The molecule has 1 aromatic rings. The largest absolute Gasteiger partial charge is 0.485 e. The summed E-state index contributed by atoms with van der Waals surface area (Å²) in [5, 5.41) is 3.87. The average Bonchev–Trinajstić information content (AvgIpc) is 2.59. The minimum absolute atomic E-state index is 0.163. The lowest BCUT2D eigenvalue weighted by Crippen LogP contribution is -2.35. The molecule has 26 heavy (non-hydrogen) atoms. The molecular formula is C18H19Br2NO5. The van der Waals surface area contributed by atoms with Gasteiger partial charge in [-0.2, -0.15) is 0 Å². The molecule has 1 fully saturated rings. The third-order valence-electron chi connectivity index (χ3n) is 3.84. The van der Waals surface area contributed by atoms with Crippen molar-refractivity contribution in [2.45, 2.75) is 33.1 Å². The molecule has 0 aromatic heterocycles. The Morgan fingerprint density at radius 2 is 1.88 bits per heavy atom. The number of hydrogen-bond donors (Lipinski definition) is 0. The number of carbonyl (C=O) groups excluding carboxylic acids is 3. The van der Waals surface area contributed by atoms with Crippen molar-refractivity contribution in [1.29, 1.82) is 0 Å². The molecule has 0 atom stereocenters. The highest BCUT2D eigenvalue weighted by Gasteiger charge is 2.37. The van der Waals surface area contributed by atoms with Crippen LogP contribution in [0.4, 0.5) is 0 Å². The highest BCUT2D eigenvalue weighted by Crippen LogP contribution is 2.37. The average molecular weight is 489 g/mol. The van der Waals surface area contributed by atoms with Crippen LogP contribution in [-0.4, -0.2) is 36.3 Å². The number of benzene rings is 1. The molecular weight excluding hydrogens is 470 g/mol. The number of rotatable bonds is 7. The minimum Gasteiger partial charge on any atom is -0.485 e. The summed E-state index contributed by atoms with van der Waals surface area (Å²) in [4.78, 5) is 41.9. The molecule has 1 saturated carbocycles. The standard InChI is InChI=1S/C18H19Br2NO5/c1-3-26-21-10(2)9-25-18-12(19)8-7-11(16(18)20)17(24)15-13(22)5-4-6-14(15)23/h7-8,15H,3-6,9H2,1-2H3. The van der Waals surface area contributed by atoms with Gasteiger partial charge in [-0.1, -0.05) is 5.16 Å². The lowest BCUT2D eigenvalue weighted by atomic mass is 9.81. The smallest absolute Gasteiger partial charge is 0.182 e. The fourth-order valence-corrected chi connectivity index (χ4v) is 3.95. The Kier molecular flexibility index (Phi) is 7.52. The number of nitrogens with zero attached hydrogens (tertiary/aromatic N) is 1. The van der Waals surface area contributed by atoms with Gasteiger partial charge in [0.25, 0.3) is 0 Å². The summed E-state index contributed by atoms with van der Waals surface area (Å²) in [6.07, 6.45) is 1.02. The molecule has 140 valence electrons. The first-order chi connectivity index (χ1) is 12.4. The van der Waals surface area contributed by atoms with Crippen molar-refractivity contribution < 1.29 is 24.0 Å². The maximum Gasteiger partial charge on any atom is 0.182 e. The van der Waals surface area contributed by atoms with Crippen molar-refractivity contribution in [3.63, 3.8) is 0 Å². The molecule has 0 aliphatic heterocycles. The van der Waals surface area contributed by atoms with Gasteiger partial charge >= 0.3 is 0 Å². The molecule has 0 unspecified atom stereocenters. The van der Waals surface area contributed by atoms with Gasteiger partial charge in [0.1, 0.15) is 24.9 Å². The predicted molar refractivity (Wildman–Crippen MR) is 104 cm³/mol. The summed E-state index contributed by atoms with van der Waals surface area (Å²) in [7, 11) is 0. The monoisotopic (exact) mass is 487 g/mol. The molecule has 0 spiro atoms. The maximum absolute atomic E-state index is 12.8. The molecule has 8 heteroatoms. The van der Waals surface area contributed by atoms with Gasteiger partial charge in [-0.25, -0.2) is 0 Å². The number of ketones is 3. The van der Waals surface area contributed by atoms with E-state index in [0.717, 1.165) is 0 Å². The van der Waals surface area contributed by atoms with E-state index in [-0.39, 0.29) is 36.6 Å². The molecule has 0 N–H and O–H groups in total. The van der Waals surface area contributed by atoms with E-state index in [2.05, 4.69) is 37.0 Å². The van der Waals surface area contributed by atoms with Gasteiger partial charge in [-0.3, -0.25) is 14.4 Å². The lowest BCUT2D eigenvalue weighted by molar-refractivity contribution is -0.133. The van der Waals surface area contributed by atoms with E-state index in [1.165, 1.54) is 0 Å². The molecule has 1 aliphatic carbocycles. The maximum atomic E-state index is 12.8. The zero-order chi connectivity index (χ0) is 19.3. The minimum atomic E-state index is -1.21. The van der Waals surface area contributed by atoms with Gasteiger partial charge < -0.3 is 9.57 Å². The SMILES string of the molecule is CCON=C(C)COc1c(Br)ccc(C(=O)C2C(=O)CCCC2=O)c1Br. The van der Waals surface area contributed by atoms with Gasteiger partial charge in [0.15, 0.2) is 17.3 Å². The first-order valence-corrected chi connectivity index (χ1v) is 9.81. The first-order valence-electron chi connectivity index (χ1n) is 8.22. The Hall–Kier alpha value is -1.54. The summed E-state index contributed by atoms with van der Waals surface area (Å²) < 4.78 is 6.76. The lowest BCUT2D eigenvalue weighted by Gasteiger charge is -2.20. The second-order valence-corrected chi connectivity index (χ2v) is 7.50. The van der Waals surface area contributed by atoms with Crippen LogP contribution >= 0.6 is 31.9 Å². The van der Waals surface area contributed by atoms with E-state index in [4.69, 9.17) is 9.57 Å². The molecule has 0 radical (unpaired) electrons. The Balaban J connectivity index is 2.27. The molecule has 0 saturated heterocycles. The number of ether oxygens (including phenoxy) is 1. The summed E-state index contributed by atoms with van der Waals surface area (Å²) in [5.74, 6) is -1.94. The van der Waals surface area contributed by atoms with Crippen LogP contribution in [0.5, 0.6) is 5.75 Å². The van der Waals surface area contributed by atoms with Crippen molar-refractivity contribution in [1.82, 2.24) is 0 Å². The fraction of sp³-hybridized carbons (Fsp3) is 0.444. The quantitative estimate of drug-likeness (QED) is 0.249. The van der Waals surface area contributed by atoms with Crippen LogP contribution < -0.4 is 4.74 Å². The van der Waals surface area contributed by atoms with Gasteiger partial charge in [0, 0.05) is 18.4 Å². The molecule has 1 aliphatic rings. The molecule has 0 amide bonds. The second-order valence-electron chi connectivity index (χ2n) is 5.85. The van der Waals surface area contributed by atoms with Gasteiger partial charge in [-0.05, 0) is 64.3 Å². The normalized spacial score (nSPS) is 15.9. The molecule has 0 bridgehead atoms. The second kappa shape index (κ2) is 9.41. The fourth-order valence-electron chi connectivity index (χ4n) is 2.59. The highest BCUT2D eigenvalue weighted by molar-refractivity contribution is 9.11. The Labute approximate surface area is 168 Å². The van der Waals surface area contributed by atoms with Crippen LogP contribution in [0, 0.1) is 5.92 Å². The zero-order valence-corrected chi connectivity index (χ0v) is 17.7. The van der Waals surface area contributed by atoms with E-state index in [0.29, 0.717) is 33.4 Å². The van der Waals surface area contributed by atoms with Gasteiger partial charge in [0.2, 0.25) is 0 Å². The van der Waals surface area contributed by atoms with Crippen molar-refractivity contribution in [3.05, 3.63) is 26.6 Å². The van der Waals surface area contributed by atoms with Gasteiger partial charge in [0.05, 0.1) is 14.7 Å². The van der Waals surface area contributed by atoms with E-state index in [9.17, 15) is 14.4 Å². The van der Waals surface area contributed by atoms with Crippen molar-refractivity contribution >= 4 is 54.9 Å². The summed E-state index contributed by atoms with van der Waals surface area (Å²) >= 11 is 6.75. The van der Waals surface area contributed by atoms with Crippen LogP contribution in [0.15, 0.2) is 26.2 Å². The van der Waals surface area contributed by atoms with Crippen LogP contribution in [0.1, 0.15) is 43.5 Å². The molecule has 2 rings (SSSR count).